The van der Waals surface area contributed by atoms with Crippen LogP contribution in [0.15, 0.2) is 72.9 Å². The number of benzene rings is 3. The van der Waals surface area contributed by atoms with Gasteiger partial charge in [-0.2, -0.15) is 0 Å². The number of carbonyl (C=O) groups is 1. The number of fused-ring (bicyclic) bond motifs is 1. The Balaban J connectivity index is 1.79. The molecule has 4 rings (SSSR count). The molecule has 170 valence electrons. The molecular weight excluding hydrogens is 419 g/mol. The number of carbonyl (C=O) groups excluding carboxylic acids is 1. The fourth-order valence-corrected chi connectivity index (χ4v) is 4.00. The lowest BCUT2D eigenvalue weighted by atomic mass is 10.0. The van der Waals surface area contributed by atoms with Crippen molar-refractivity contribution in [3.05, 3.63) is 84.3 Å². The lowest BCUT2D eigenvalue weighted by Gasteiger charge is -2.20. The molecule has 3 aromatic carbocycles. The van der Waals surface area contributed by atoms with E-state index in [1.54, 1.807) is 24.1 Å². The van der Waals surface area contributed by atoms with E-state index in [1.807, 2.05) is 56.4 Å². The van der Waals surface area contributed by atoms with E-state index in [1.165, 1.54) is 12.1 Å². The second-order valence-corrected chi connectivity index (χ2v) is 7.71. The molecule has 1 aromatic heterocycles. The normalized spacial score (nSPS) is 10.9. The number of rotatable bonds is 7. The Morgan fingerprint density at radius 2 is 1.76 bits per heavy atom. The number of halogens is 1. The molecule has 0 unspecified atom stereocenters. The zero-order chi connectivity index (χ0) is 23.4. The van der Waals surface area contributed by atoms with Crippen molar-refractivity contribution < 1.29 is 18.7 Å². The summed E-state index contributed by atoms with van der Waals surface area (Å²) >= 11 is 0. The average molecular weight is 447 g/mol. The maximum atomic E-state index is 13.6. The van der Waals surface area contributed by atoms with Gasteiger partial charge in [-0.15, -0.1) is 0 Å². The van der Waals surface area contributed by atoms with E-state index in [0.29, 0.717) is 25.4 Å². The van der Waals surface area contributed by atoms with E-state index in [0.717, 1.165) is 33.3 Å². The van der Waals surface area contributed by atoms with Crippen LogP contribution in [0.1, 0.15) is 19.4 Å². The maximum absolute atomic E-state index is 13.6. The van der Waals surface area contributed by atoms with Crippen LogP contribution in [-0.2, 0) is 6.54 Å². The third-order valence-corrected chi connectivity index (χ3v) is 5.75. The van der Waals surface area contributed by atoms with Crippen LogP contribution in [0.2, 0.25) is 0 Å². The van der Waals surface area contributed by atoms with Gasteiger partial charge in [-0.05, 0) is 67.4 Å². The fraction of sp³-hybridized carbons (Fsp3) is 0.222. The van der Waals surface area contributed by atoms with Gasteiger partial charge in [0.1, 0.15) is 17.3 Å². The van der Waals surface area contributed by atoms with E-state index in [2.05, 4.69) is 10.6 Å². The Morgan fingerprint density at radius 1 is 1.00 bits per heavy atom. The zero-order valence-electron chi connectivity index (χ0n) is 19.0. The molecule has 4 aromatic rings. The minimum atomic E-state index is -0.404. The molecular formula is C27H27FN2O3. The summed E-state index contributed by atoms with van der Waals surface area (Å²) in [6, 6.07) is 19.9. The highest BCUT2D eigenvalue weighted by Gasteiger charge is 2.19. The average Bonchev–Trinajstić information content (AvgIpc) is 3.23. The standard InChI is InChI=1S/C27H27FN2O3/c1-4-29(5-2)27(31)33-25-14-13-24-23(26(25)20-9-11-21(28)12-10-20)15-16-30(24)18-19-7-6-8-22(17-19)32-3/h6-17H,4-5,18H2,1-3H3. The first kappa shape index (κ1) is 22.4. The lowest BCUT2D eigenvalue weighted by molar-refractivity contribution is 0.157. The quantitative estimate of drug-likeness (QED) is 0.332. The van der Waals surface area contributed by atoms with Crippen molar-refractivity contribution >= 4 is 17.0 Å². The van der Waals surface area contributed by atoms with Crippen LogP contribution in [0.3, 0.4) is 0 Å². The van der Waals surface area contributed by atoms with E-state index < -0.39 is 6.09 Å². The number of hydrogen-bond acceptors (Lipinski definition) is 3. The van der Waals surface area contributed by atoms with Gasteiger partial charge in [0.2, 0.25) is 0 Å². The summed E-state index contributed by atoms with van der Waals surface area (Å²) in [6.07, 6.45) is 1.60. The largest absolute Gasteiger partial charge is 0.497 e. The highest BCUT2D eigenvalue weighted by molar-refractivity contribution is 5.99. The van der Waals surface area contributed by atoms with Crippen LogP contribution in [0.25, 0.3) is 22.0 Å². The predicted octanol–water partition coefficient (Wildman–Crippen LogP) is 6.34. The van der Waals surface area contributed by atoms with Crippen molar-refractivity contribution in [2.24, 2.45) is 0 Å². The van der Waals surface area contributed by atoms with Gasteiger partial charge in [-0.3, -0.25) is 0 Å². The SMILES string of the molecule is CCN(CC)C(=O)Oc1ccc2c(ccn2Cc2cccc(OC)c2)c1-c1ccc(F)cc1. The first-order valence-electron chi connectivity index (χ1n) is 11.0. The van der Waals surface area contributed by atoms with Gasteiger partial charge in [0.15, 0.2) is 0 Å². The van der Waals surface area contributed by atoms with Crippen LogP contribution in [-0.4, -0.2) is 35.8 Å². The number of ether oxygens (including phenoxy) is 2. The molecule has 0 fully saturated rings. The van der Waals surface area contributed by atoms with Crippen LogP contribution < -0.4 is 9.47 Å². The summed E-state index contributed by atoms with van der Waals surface area (Å²) in [6.45, 7) is 5.59. The Hall–Kier alpha value is -3.80. The van der Waals surface area contributed by atoms with Crippen molar-refractivity contribution in [1.29, 1.82) is 0 Å². The van der Waals surface area contributed by atoms with Crippen molar-refractivity contribution in [2.75, 3.05) is 20.2 Å². The summed E-state index contributed by atoms with van der Waals surface area (Å²) in [5, 5.41) is 0.925. The fourth-order valence-electron chi connectivity index (χ4n) is 4.00. The topological polar surface area (TPSA) is 43.7 Å². The van der Waals surface area contributed by atoms with Crippen molar-refractivity contribution in [1.82, 2.24) is 9.47 Å². The molecule has 6 heteroatoms. The molecule has 0 bridgehead atoms. The molecule has 0 aliphatic carbocycles. The summed E-state index contributed by atoms with van der Waals surface area (Å²) in [7, 11) is 1.65. The summed E-state index contributed by atoms with van der Waals surface area (Å²) in [5.74, 6) is 0.940. The number of hydrogen-bond donors (Lipinski definition) is 0. The molecule has 0 spiro atoms. The molecule has 0 aliphatic rings. The molecule has 0 saturated heterocycles. The number of nitrogens with zero attached hydrogens (tertiary/aromatic N) is 2. The second-order valence-electron chi connectivity index (χ2n) is 7.71. The van der Waals surface area contributed by atoms with Gasteiger partial charge < -0.3 is 18.9 Å². The number of aromatic nitrogens is 1. The zero-order valence-corrected chi connectivity index (χ0v) is 19.0. The first-order valence-corrected chi connectivity index (χ1v) is 11.0. The van der Waals surface area contributed by atoms with Gasteiger partial charge in [0.25, 0.3) is 0 Å². The molecule has 33 heavy (non-hydrogen) atoms. The summed E-state index contributed by atoms with van der Waals surface area (Å²) < 4.78 is 26.9. The van der Waals surface area contributed by atoms with Crippen LogP contribution in [0.5, 0.6) is 11.5 Å². The molecule has 0 radical (unpaired) electrons. The predicted molar refractivity (Wildman–Crippen MR) is 128 cm³/mol. The molecule has 0 aliphatic heterocycles. The van der Waals surface area contributed by atoms with E-state index in [4.69, 9.17) is 9.47 Å². The Labute approximate surface area is 193 Å². The Kier molecular flexibility index (Phi) is 6.63. The maximum Gasteiger partial charge on any atom is 0.415 e. The highest BCUT2D eigenvalue weighted by atomic mass is 19.1. The van der Waals surface area contributed by atoms with Gasteiger partial charge in [-0.1, -0.05) is 24.3 Å². The van der Waals surface area contributed by atoms with Gasteiger partial charge in [0.05, 0.1) is 7.11 Å². The van der Waals surface area contributed by atoms with Gasteiger partial charge in [0, 0.05) is 42.3 Å². The van der Waals surface area contributed by atoms with Crippen LogP contribution >= 0.6 is 0 Å². The molecule has 1 heterocycles. The van der Waals surface area contributed by atoms with Gasteiger partial charge >= 0.3 is 6.09 Å². The molecule has 0 atom stereocenters. The lowest BCUT2D eigenvalue weighted by Crippen LogP contribution is -2.33. The van der Waals surface area contributed by atoms with E-state index >= 15 is 0 Å². The third-order valence-electron chi connectivity index (χ3n) is 5.75. The first-order chi connectivity index (χ1) is 16.0. The third kappa shape index (κ3) is 4.70. The van der Waals surface area contributed by atoms with Crippen molar-refractivity contribution in [3.63, 3.8) is 0 Å². The summed E-state index contributed by atoms with van der Waals surface area (Å²) in [5.41, 5.74) is 3.63. The highest BCUT2D eigenvalue weighted by Crippen LogP contribution is 2.38. The van der Waals surface area contributed by atoms with Gasteiger partial charge in [-0.25, -0.2) is 9.18 Å². The monoisotopic (exact) mass is 446 g/mol. The Morgan fingerprint density at radius 3 is 2.45 bits per heavy atom. The van der Waals surface area contributed by atoms with E-state index in [-0.39, 0.29) is 5.82 Å². The van der Waals surface area contributed by atoms with Crippen LogP contribution in [0, 0.1) is 5.82 Å². The molecule has 1 amide bonds. The second kappa shape index (κ2) is 9.77. The van der Waals surface area contributed by atoms with Crippen LogP contribution in [0.4, 0.5) is 9.18 Å². The minimum Gasteiger partial charge on any atom is -0.497 e. The summed E-state index contributed by atoms with van der Waals surface area (Å²) in [4.78, 5) is 14.3. The Bertz CT molecular complexity index is 1260. The van der Waals surface area contributed by atoms with Crippen molar-refractivity contribution in [3.8, 4) is 22.6 Å². The number of methoxy groups -OCH3 is 1. The molecule has 0 saturated carbocycles. The smallest absolute Gasteiger partial charge is 0.415 e. The van der Waals surface area contributed by atoms with E-state index in [9.17, 15) is 9.18 Å². The number of amides is 1. The molecule has 0 N–H and O–H groups in total. The molecule has 5 nitrogen and oxygen atoms in total. The van der Waals surface area contributed by atoms with Crippen molar-refractivity contribution in [2.45, 2.75) is 20.4 Å². The minimum absolute atomic E-state index is 0.316.